The molecule has 0 heterocycles. The summed E-state index contributed by atoms with van der Waals surface area (Å²) in [4.78, 5) is 87.4. The van der Waals surface area contributed by atoms with E-state index in [1.807, 2.05) is 0 Å². The molecule has 0 spiro atoms. The van der Waals surface area contributed by atoms with Crippen molar-refractivity contribution in [3.8, 4) is 0 Å². The Hall–Kier alpha value is 0.320. The van der Waals surface area contributed by atoms with Crippen molar-refractivity contribution in [3.63, 3.8) is 0 Å². The molecule has 20 N–H and O–H groups in total. The fourth-order valence-electron chi connectivity index (χ4n) is 2.38. The SMILES string of the molecule is O=P([O-])([O-])CN(CCCCCCN(CP(=O)([O-])[O-])CP(=O)([O-])[O-])CP(=O)([O-])[O-].[NH4+].[NH4+].[NH4+].[NH4+].[NH4+]. The number of quaternary nitrogens is 5. The number of rotatable bonds is 15. The number of hydrogen-bond donors (Lipinski definition) is 5. The van der Waals surface area contributed by atoms with E-state index in [-0.39, 0.29) is 56.7 Å². The van der Waals surface area contributed by atoms with E-state index in [4.69, 9.17) is 0 Å². The molecule has 23 heteroatoms. The predicted octanol–water partition coefficient (Wildman–Crippen LogP) is -3.48. The average molecular weight is 574 g/mol. The summed E-state index contributed by atoms with van der Waals surface area (Å²) in [6, 6.07) is 0. The minimum atomic E-state index is -5.07. The molecule has 33 heavy (non-hydrogen) atoms. The van der Waals surface area contributed by atoms with Gasteiger partial charge in [-0.2, -0.15) is 0 Å². The van der Waals surface area contributed by atoms with E-state index in [0.29, 0.717) is 22.6 Å². The van der Waals surface area contributed by atoms with E-state index < -0.39 is 55.5 Å². The van der Waals surface area contributed by atoms with Gasteiger partial charge in [0.05, 0.1) is 0 Å². The monoisotopic (exact) mass is 574 g/mol. The summed E-state index contributed by atoms with van der Waals surface area (Å²) in [5.41, 5.74) is 0. The van der Waals surface area contributed by atoms with Gasteiger partial charge in [-0.3, -0.25) is 9.80 Å². The summed E-state index contributed by atoms with van der Waals surface area (Å²) >= 11 is 0. The topological polar surface area (TPSA) is 442 Å². The normalized spacial score (nSPS) is 12.1. The van der Waals surface area contributed by atoms with Crippen molar-refractivity contribution in [3.05, 3.63) is 0 Å². The fourth-order valence-corrected chi connectivity index (χ4v) is 5.62. The van der Waals surface area contributed by atoms with Crippen molar-refractivity contribution in [2.45, 2.75) is 25.7 Å². The molecule has 0 rings (SSSR count). The predicted molar refractivity (Wildman–Crippen MR) is 112 cm³/mol. The molecule has 0 aliphatic heterocycles. The quantitative estimate of drug-likeness (QED) is 0.0936. The molecule has 0 fully saturated rings. The summed E-state index contributed by atoms with van der Waals surface area (Å²) in [6.45, 7) is -0.363. The van der Waals surface area contributed by atoms with E-state index in [1.165, 1.54) is 0 Å². The van der Waals surface area contributed by atoms with Crippen LogP contribution in [-0.2, 0) is 18.3 Å². The first-order valence-corrected chi connectivity index (χ1v) is 14.8. The molecular formula is C10H40N7O12P4-3. The number of unbranched alkanes of at least 4 members (excludes halogenated alkanes) is 3. The molecule has 0 saturated carbocycles. The van der Waals surface area contributed by atoms with Crippen LogP contribution in [0.5, 0.6) is 0 Å². The molecule has 19 nitrogen and oxygen atoms in total. The molecular weight excluding hydrogens is 534 g/mol. The maximum absolute atomic E-state index is 10.7. The van der Waals surface area contributed by atoms with Crippen molar-refractivity contribution in [1.29, 1.82) is 0 Å². The number of hydrogen-bond acceptors (Lipinski definition) is 14. The van der Waals surface area contributed by atoms with Gasteiger partial charge < -0.3 is 88.2 Å². The highest BCUT2D eigenvalue weighted by Crippen LogP contribution is 2.32. The van der Waals surface area contributed by atoms with E-state index >= 15 is 0 Å². The maximum atomic E-state index is 10.7. The van der Waals surface area contributed by atoms with Crippen LogP contribution < -0.4 is 69.9 Å². The Kier molecular flexibility index (Phi) is 27.6. The molecule has 0 atom stereocenters. The summed E-state index contributed by atoms with van der Waals surface area (Å²) in [5.74, 6) is 0. The maximum Gasteiger partial charge on any atom is 0.0264 e. The zero-order valence-corrected chi connectivity index (χ0v) is 23.2. The summed E-state index contributed by atoms with van der Waals surface area (Å²) in [6.07, 6.45) is -3.48. The Morgan fingerprint density at radius 3 is 0.727 bits per heavy atom. The van der Waals surface area contributed by atoms with Crippen LogP contribution in [0.15, 0.2) is 0 Å². The van der Waals surface area contributed by atoms with Crippen LogP contribution in [0.4, 0.5) is 0 Å². The molecule has 0 aromatic heterocycles. The van der Waals surface area contributed by atoms with Gasteiger partial charge in [0, 0.05) is 25.1 Å². The van der Waals surface area contributed by atoms with E-state index in [1.54, 1.807) is 0 Å². The van der Waals surface area contributed by atoms with Gasteiger partial charge in [0.1, 0.15) is 0 Å². The van der Waals surface area contributed by atoms with Crippen molar-refractivity contribution in [1.82, 2.24) is 40.6 Å². The van der Waals surface area contributed by atoms with Crippen molar-refractivity contribution in [2.24, 2.45) is 0 Å². The molecule has 0 amide bonds. The molecule has 0 aliphatic rings. The molecule has 0 aromatic carbocycles. The van der Waals surface area contributed by atoms with Crippen LogP contribution >= 0.6 is 30.4 Å². The third-order valence-corrected chi connectivity index (χ3v) is 6.18. The minimum absolute atomic E-state index is 0. The van der Waals surface area contributed by atoms with Crippen molar-refractivity contribution >= 4 is 30.4 Å². The van der Waals surface area contributed by atoms with Gasteiger partial charge in [0.25, 0.3) is 0 Å². The van der Waals surface area contributed by atoms with E-state index in [9.17, 15) is 57.4 Å². The Bertz CT molecular complexity index is 561. The molecule has 0 aliphatic carbocycles. The zero-order chi connectivity index (χ0) is 22.2. The minimum Gasteiger partial charge on any atom is -0.810 e. The molecule has 0 unspecified atom stereocenters. The third kappa shape index (κ3) is 34.6. The van der Waals surface area contributed by atoms with Crippen LogP contribution in [-0.4, -0.2) is 48.0 Å². The lowest BCUT2D eigenvalue weighted by Gasteiger charge is -2.41. The first kappa shape index (κ1) is 46.6. The second kappa shape index (κ2) is 19.5. The van der Waals surface area contributed by atoms with E-state index in [0.717, 1.165) is 0 Å². The van der Waals surface area contributed by atoms with Crippen LogP contribution in [0.1, 0.15) is 25.7 Å². The van der Waals surface area contributed by atoms with Crippen molar-refractivity contribution in [2.75, 3.05) is 38.2 Å². The molecule has 0 radical (unpaired) electrons. The smallest absolute Gasteiger partial charge is 0.0264 e. The Morgan fingerprint density at radius 2 is 0.576 bits per heavy atom. The highest BCUT2D eigenvalue weighted by Gasteiger charge is 2.10. The summed E-state index contributed by atoms with van der Waals surface area (Å²) < 4.78 is 43.0. The van der Waals surface area contributed by atoms with Gasteiger partial charge in [0.2, 0.25) is 0 Å². The van der Waals surface area contributed by atoms with Crippen LogP contribution in [0, 0.1) is 0 Å². The fraction of sp³-hybridized carbons (Fsp3) is 1.00. The molecule has 210 valence electrons. The highest BCUT2D eigenvalue weighted by molar-refractivity contribution is 7.50. The first-order chi connectivity index (χ1) is 12.4. The van der Waals surface area contributed by atoms with Gasteiger partial charge in [0.15, 0.2) is 0 Å². The lowest BCUT2D eigenvalue weighted by molar-refractivity contribution is -0.321. The summed E-state index contributed by atoms with van der Waals surface area (Å²) in [5, 5.41) is 0. The average Bonchev–Trinajstić information content (AvgIpc) is 2.34. The van der Waals surface area contributed by atoms with Gasteiger partial charge >= 0.3 is 0 Å². The van der Waals surface area contributed by atoms with Crippen LogP contribution in [0.25, 0.3) is 0 Å². The summed E-state index contributed by atoms with van der Waals surface area (Å²) in [7, 11) is -20.3. The largest absolute Gasteiger partial charge is 0.810 e. The molecule has 0 aromatic rings. The lowest BCUT2D eigenvalue weighted by atomic mass is 10.2. The standard InChI is InChI=1S/C10H28N2O12P4.5H3N/c13-25(14,15)7-11(8-26(16,17)18)5-3-1-2-4-6-12(9-27(19,20)21)10-28(22,23)24;;;;;/h1-10H2,(H2,13,14,15)(H2,16,17,18)(H2,19,20,21)(H2,22,23,24);5*1H3/p-3. The zero-order valence-electron chi connectivity index (χ0n) is 19.7. The van der Waals surface area contributed by atoms with E-state index in [2.05, 4.69) is 0 Å². The second-order valence-electron chi connectivity index (χ2n) is 6.21. The Balaban J connectivity index is -0.000000364. The van der Waals surface area contributed by atoms with Gasteiger partial charge in [-0.05, 0) is 25.9 Å². The Labute approximate surface area is 192 Å². The second-order valence-corrected chi connectivity index (χ2v) is 12.2. The highest BCUT2D eigenvalue weighted by atomic mass is 31.2. The third-order valence-electron chi connectivity index (χ3n) is 3.19. The Morgan fingerprint density at radius 1 is 0.394 bits per heavy atom. The van der Waals surface area contributed by atoms with Gasteiger partial charge in [-0.15, -0.1) is 0 Å². The first-order valence-electron chi connectivity index (χ1n) is 7.85. The molecule has 0 saturated heterocycles. The number of nitrogens with zero attached hydrogens (tertiary/aromatic N) is 2. The van der Waals surface area contributed by atoms with Gasteiger partial charge in [-0.25, -0.2) is 0 Å². The van der Waals surface area contributed by atoms with Gasteiger partial charge in [-0.1, -0.05) is 43.2 Å². The molecule has 0 bridgehead atoms. The van der Waals surface area contributed by atoms with Crippen molar-refractivity contribution < 1.29 is 57.4 Å². The lowest BCUT2D eigenvalue weighted by Crippen LogP contribution is -2.37. The van der Waals surface area contributed by atoms with Crippen LogP contribution in [0.2, 0.25) is 0 Å². The van der Waals surface area contributed by atoms with Crippen LogP contribution in [0.3, 0.4) is 0 Å².